The Labute approximate surface area is 76.6 Å². The molecule has 0 fully saturated rings. The van der Waals surface area contributed by atoms with Gasteiger partial charge in [0.05, 0.1) is 5.69 Å². The Hall–Kier alpha value is -1.22. The van der Waals surface area contributed by atoms with E-state index in [1.54, 1.807) is 4.68 Å². The maximum Gasteiger partial charge on any atom is 0.115 e. The van der Waals surface area contributed by atoms with E-state index in [1.807, 2.05) is 31.4 Å². The second-order valence-electron chi connectivity index (χ2n) is 2.59. The van der Waals surface area contributed by atoms with E-state index in [0.29, 0.717) is 0 Å². The number of nitrogen functional groups attached to an aromatic ring is 1. The normalized spacial score (nSPS) is 9.75. The van der Waals surface area contributed by atoms with Crippen LogP contribution in [0.4, 0.5) is 5.69 Å². The maximum absolute atomic E-state index is 5.69. The predicted octanol–water partition coefficient (Wildman–Crippen LogP) is 1.58. The van der Waals surface area contributed by atoms with E-state index < -0.39 is 0 Å². The fourth-order valence-electron chi connectivity index (χ4n) is 1.19. The van der Waals surface area contributed by atoms with Gasteiger partial charge in [0.1, 0.15) is 5.52 Å². The minimum Gasteiger partial charge on any atom is -0.397 e. The van der Waals surface area contributed by atoms with Crippen LogP contribution in [0.25, 0.3) is 10.9 Å². The first-order valence-electron chi connectivity index (χ1n) is 3.45. The number of aromatic nitrogens is 2. The Morgan fingerprint density at radius 3 is 2.83 bits per heavy atom. The first-order chi connectivity index (χ1) is 5.27. The van der Waals surface area contributed by atoms with E-state index in [1.165, 1.54) is 0 Å². The summed E-state index contributed by atoms with van der Waals surface area (Å²) in [5.41, 5.74) is 7.32. The van der Waals surface area contributed by atoms with Crippen LogP contribution in [0.1, 0.15) is 0 Å². The molecule has 0 bridgehead atoms. The molecule has 1 aromatic carbocycles. The Kier molecular flexibility index (Phi) is 2.24. The molecule has 0 spiro atoms. The standard InChI is InChI=1S/C8H9N3.ClH/c1-11-5-6-3-2-4-7(9)8(6)10-11;/h2-5H,9H2,1H3;1H. The molecule has 0 radical (unpaired) electrons. The van der Waals surface area contributed by atoms with E-state index in [9.17, 15) is 0 Å². The van der Waals surface area contributed by atoms with E-state index in [2.05, 4.69) is 5.10 Å². The summed E-state index contributed by atoms with van der Waals surface area (Å²) in [6.45, 7) is 0. The van der Waals surface area contributed by atoms with Crippen LogP contribution in [-0.2, 0) is 7.05 Å². The molecule has 1 aromatic heterocycles. The SMILES string of the molecule is Cl.Cn1cc2cccc(N)c2n1. The summed E-state index contributed by atoms with van der Waals surface area (Å²) >= 11 is 0. The molecule has 0 aliphatic carbocycles. The second-order valence-corrected chi connectivity index (χ2v) is 2.59. The summed E-state index contributed by atoms with van der Waals surface area (Å²) < 4.78 is 1.76. The number of nitrogens with zero attached hydrogens (tertiary/aromatic N) is 2. The first-order valence-corrected chi connectivity index (χ1v) is 3.45. The van der Waals surface area contributed by atoms with Gasteiger partial charge in [0, 0.05) is 18.6 Å². The van der Waals surface area contributed by atoms with Crippen molar-refractivity contribution < 1.29 is 0 Å². The smallest absolute Gasteiger partial charge is 0.115 e. The molecule has 0 amide bonds. The first kappa shape index (κ1) is 8.87. The molecule has 64 valence electrons. The van der Waals surface area contributed by atoms with Gasteiger partial charge in [-0.05, 0) is 6.07 Å². The molecule has 2 N–H and O–H groups in total. The number of nitrogens with two attached hydrogens (primary N) is 1. The lowest BCUT2D eigenvalue weighted by molar-refractivity contribution is 0.780. The summed E-state index contributed by atoms with van der Waals surface area (Å²) in [4.78, 5) is 0. The highest BCUT2D eigenvalue weighted by Gasteiger charge is 1.99. The average Bonchev–Trinajstić information content (AvgIpc) is 2.31. The number of benzene rings is 1. The highest BCUT2D eigenvalue weighted by molar-refractivity contribution is 5.88. The predicted molar refractivity (Wildman–Crippen MR) is 52.4 cm³/mol. The van der Waals surface area contributed by atoms with Crippen molar-refractivity contribution in [1.29, 1.82) is 0 Å². The fraction of sp³-hybridized carbons (Fsp3) is 0.125. The van der Waals surface area contributed by atoms with Gasteiger partial charge in [-0.25, -0.2) is 0 Å². The van der Waals surface area contributed by atoms with Crippen LogP contribution < -0.4 is 5.73 Å². The zero-order chi connectivity index (χ0) is 7.84. The van der Waals surface area contributed by atoms with Crippen LogP contribution in [-0.4, -0.2) is 9.78 Å². The van der Waals surface area contributed by atoms with Gasteiger partial charge in [-0.1, -0.05) is 12.1 Å². The van der Waals surface area contributed by atoms with Crippen molar-refractivity contribution >= 4 is 29.0 Å². The number of hydrogen-bond acceptors (Lipinski definition) is 2. The topological polar surface area (TPSA) is 43.8 Å². The highest BCUT2D eigenvalue weighted by Crippen LogP contribution is 2.17. The van der Waals surface area contributed by atoms with Gasteiger partial charge in [-0.2, -0.15) is 5.10 Å². The van der Waals surface area contributed by atoms with Crippen molar-refractivity contribution in [2.75, 3.05) is 5.73 Å². The summed E-state index contributed by atoms with van der Waals surface area (Å²) in [7, 11) is 1.89. The van der Waals surface area contributed by atoms with Gasteiger partial charge in [-0.3, -0.25) is 4.68 Å². The Bertz CT molecular complexity index is 394. The molecule has 2 aromatic rings. The molecule has 0 aliphatic rings. The van der Waals surface area contributed by atoms with Gasteiger partial charge in [0.25, 0.3) is 0 Å². The third kappa shape index (κ3) is 1.23. The Balaban J connectivity index is 0.000000720. The van der Waals surface area contributed by atoms with Crippen molar-refractivity contribution in [2.24, 2.45) is 7.05 Å². The number of hydrogen-bond donors (Lipinski definition) is 1. The van der Waals surface area contributed by atoms with Crippen LogP contribution in [0, 0.1) is 0 Å². The van der Waals surface area contributed by atoms with E-state index in [4.69, 9.17) is 5.73 Å². The zero-order valence-electron chi connectivity index (χ0n) is 6.69. The van der Waals surface area contributed by atoms with Gasteiger partial charge in [0.15, 0.2) is 0 Å². The molecule has 1 heterocycles. The monoisotopic (exact) mass is 183 g/mol. The molecule has 0 atom stereocenters. The van der Waals surface area contributed by atoms with Gasteiger partial charge >= 0.3 is 0 Å². The molecule has 0 saturated carbocycles. The van der Waals surface area contributed by atoms with E-state index in [0.717, 1.165) is 16.6 Å². The highest BCUT2D eigenvalue weighted by atomic mass is 35.5. The number of fused-ring (bicyclic) bond motifs is 1. The largest absolute Gasteiger partial charge is 0.397 e. The fourth-order valence-corrected chi connectivity index (χ4v) is 1.19. The van der Waals surface area contributed by atoms with Crippen molar-refractivity contribution in [2.45, 2.75) is 0 Å². The summed E-state index contributed by atoms with van der Waals surface area (Å²) in [6.07, 6.45) is 1.95. The zero-order valence-corrected chi connectivity index (χ0v) is 7.51. The lowest BCUT2D eigenvalue weighted by atomic mass is 10.2. The molecule has 3 nitrogen and oxygen atoms in total. The van der Waals surface area contributed by atoms with Gasteiger partial charge in [-0.15, -0.1) is 12.4 Å². The number of rotatable bonds is 0. The van der Waals surface area contributed by atoms with Crippen LogP contribution in [0.15, 0.2) is 24.4 Å². The van der Waals surface area contributed by atoms with Crippen LogP contribution in [0.2, 0.25) is 0 Å². The minimum absolute atomic E-state index is 0. The van der Waals surface area contributed by atoms with Crippen LogP contribution >= 0.6 is 12.4 Å². The van der Waals surface area contributed by atoms with Gasteiger partial charge in [0.2, 0.25) is 0 Å². The van der Waals surface area contributed by atoms with Crippen molar-refractivity contribution in [1.82, 2.24) is 9.78 Å². The number of aryl methyl sites for hydroxylation is 1. The Morgan fingerprint density at radius 2 is 2.17 bits per heavy atom. The molecule has 12 heavy (non-hydrogen) atoms. The van der Waals surface area contributed by atoms with Crippen LogP contribution in [0.3, 0.4) is 0 Å². The lowest BCUT2D eigenvalue weighted by Gasteiger charge is -1.90. The molecular weight excluding hydrogens is 174 g/mol. The quantitative estimate of drug-likeness (QED) is 0.631. The average molecular weight is 184 g/mol. The van der Waals surface area contributed by atoms with E-state index in [-0.39, 0.29) is 12.4 Å². The van der Waals surface area contributed by atoms with Crippen molar-refractivity contribution in [3.8, 4) is 0 Å². The summed E-state index contributed by atoms with van der Waals surface area (Å²) in [6, 6.07) is 5.79. The lowest BCUT2D eigenvalue weighted by Crippen LogP contribution is -1.88. The molecule has 0 saturated heterocycles. The van der Waals surface area contributed by atoms with Crippen LogP contribution in [0.5, 0.6) is 0 Å². The third-order valence-electron chi connectivity index (χ3n) is 1.68. The van der Waals surface area contributed by atoms with Gasteiger partial charge < -0.3 is 5.73 Å². The molecule has 0 unspecified atom stereocenters. The molecule has 0 aliphatic heterocycles. The summed E-state index contributed by atoms with van der Waals surface area (Å²) in [5, 5.41) is 5.29. The molecule has 4 heteroatoms. The molecule has 2 rings (SSSR count). The minimum atomic E-state index is 0. The number of halogens is 1. The number of anilines is 1. The molecular formula is C8H10ClN3. The van der Waals surface area contributed by atoms with Crippen molar-refractivity contribution in [3.63, 3.8) is 0 Å². The summed E-state index contributed by atoms with van der Waals surface area (Å²) in [5.74, 6) is 0. The Morgan fingerprint density at radius 1 is 1.42 bits per heavy atom. The third-order valence-corrected chi connectivity index (χ3v) is 1.68. The van der Waals surface area contributed by atoms with Crippen molar-refractivity contribution in [3.05, 3.63) is 24.4 Å². The van der Waals surface area contributed by atoms with E-state index >= 15 is 0 Å². The second kappa shape index (κ2) is 3.03. The maximum atomic E-state index is 5.69.